The Hall–Kier alpha value is -2.01. The van der Waals surface area contributed by atoms with Gasteiger partial charge in [-0.1, -0.05) is 12.1 Å². The minimum absolute atomic E-state index is 0.0557. The second-order valence-electron chi connectivity index (χ2n) is 5.50. The van der Waals surface area contributed by atoms with Gasteiger partial charge in [-0.25, -0.2) is 4.79 Å². The summed E-state index contributed by atoms with van der Waals surface area (Å²) in [4.78, 5) is 15.8. The summed E-state index contributed by atoms with van der Waals surface area (Å²) in [5.41, 5.74) is 1.82. The molecule has 1 aliphatic rings. The van der Waals surface area contributed by atoms with Crippen LogP contribution in [0, 0.1) is 6.92 Å². The van der Waals surface area contributed by atoms with E-state index in [1.165, 1.54) is 4.88 Å². The number of aryl methyl sites for hydroxylation is 1. The van der Waals surface area contributed by atoms with Crippen molar-refractivity contribution in [3.63, 3.8) is 0 Å². The summed E-state index contributed by atoms with van der Waals surface area (Å²) >= 11 is 1.71. The van der Waals surface area contributed by atoms with E-state index in [4.69, 9.17) is 4.74 Å². The zero-order chi connectivity index (χ0) is 15.5. The van der Waals surface area contributed by atoms with Crippen LogP contribution >= 0.6 is 11.3 Å². The van der Waals surface area contributed by atoms with Crippen LogP contribution in [0.1, 0.15) is 29.3 Å². The molecule has 3 rings (SSSR count). The van der Waals surface area contributed by atoms with Gasteiger partial charge in [-0.2, -0.15) is 0 Å². The maximum Gasteiger partial charge on any atom is 0.322 e. The first kappa shape index (κ1) is 14.9. The van der Waals surface area contributed by atoms with Crippen molar-refractivity contribution >= 4 is 23.1 Å². The summed E-state index contributed by atoms with van der Waals surface area (Å²) in [6, 6.07) is 10.1. The molecule has 0 bridgehead atoms. The first-order chi connectivity index (χ1) is 10.7. The van der Waals surface area contributed by atoms with E-state index in [2.05, 4.69) is 16.8 Å². The number of urea groups is 1. The molecule has 1 atom stereocenters. The maximum atomic E-state index is 12.7. The monoisotopic (exact) mass is 316 g/mol. The fourth-order valence-corrected chi connectivity index (χ4v) is 3.77. The molecule has 0 radical (unpaired) electrons. The Morgan fingerprint density at radius 2 is 2.27 bits per heavy atom. The van der Waals surface area contributed by atoms with Gasteiger partial charge < -0.3 is 15.0 Å². The predicted octanol–water partition coefficient (Wildman–Crippen LogP) is 4.43. The number of nitrogens with one attached hydrogen (secondary N) is 1. The Morgan fingerprint density at radius 1 is 1.41 bits per heavy atom. The molecule has 1 saturated heterocycles. The molecule has 0 spiro atoms. The van der Waals surface area contributed by atoms with E-state index in [1.807, 2.05) is 36.1 Å². The zero-order valence-corrected chi connectivity index (χ0v) is 13.7. The SMILES string of the molecule is COc1ccc(C)cc1NC(=O)N1CCCC1c1cccs1. The van der Waals surface area contributed by atoms with Gasteiger partial charge in [0.05, 0.1) is 18.8 Å². The van der Waals surface area contributed by atoms with Gasteiger partial charge in [-0.15, -0.1) is 11.3 Å². The average molecular weight is 316 g/mol. The highest BCUT2D eigenvalue weighted by atomic mass is 32.1. The van der Waals surface area contributed by atoms with Gasteiger partial charge >= 0.3 is 6.03 Å². The third kappa shape index (κ3) is 2.95. The number of nitrogens with zero attached hydrogens (tertiary/aromatic N) is 1. The number of amides is 2. The van der Waals surface area contributed by atoms with E-state index in [0.717, 1.165) is 30.6 Å². The smallest absolute Gasteiger partial charge is 0.322 e. The summed E-state index contributed by atoms with van der Waals surface area (Å²) in [5, 5.41) is 5.07. The van der Waals surface area contributed by atoms with Gasteiger partial charge in [0.25, 0.3) is 0 Å². The molecule has 0 saturated carbocycles. The number of thiophene rings is 1. The van der Waals surface area contributed by atoms with Gasteiger partial charge in [-0.05, 0) is 48.9 Å². The predicted molar refractivity (Wildman–Crippen MR) is 89.7 cm³/mol. The van der Waals surface area contributed by atoms with Gasteiger partial charge in [0.2, 0.25) is 0 Å². The first-order valence-electron chi connectivity index (χ1n) is 7.44. The van der Waals surface area contributed by atoms with E-state index >= 15 is 0 Å². The van der Waals surface area contributed by atoms with Crippen molar-refractivity contribution in [1.29, 1.82) is 0 Å². The molecular formula is C17H20N2O2S. The minimum atomic E-state index is -0.0557. The molecular weight excluding hydrogens is 296 g/mol. The number of methoxy groups -OCH3 is 1. The van der Waals surface area contributed by atoms with Crippen molar-refractivity contribution in [2.75, 3.05) is 19.0 Å². The number of hydrogen-bond donors (Lipinski definition) is 1. The molecule has 1 unspecified atom stereocenters. The summed E-state index contributed by atoms with van der Waals surface area (Å²) in [6.45, 7) is 2.79. The second-order valence-corrected chi connectivity index (χ2v) is 6.48. The standard InChI is InChI=1S/C17H20N2O2S/c1-12-7-8-15(21-2)13(11-12)18-17(20)19-9-3-5-14(19)16-6-4-10-22-16/h4,6-8,10-11,14H,3,5,9H2,1-2H3,(H,18,20). The largest absolute Gasteiger partial charge is 0.495 e. The van der Waals surface area contributed by atoms with Crippen molar-refractivity contribution < 1.29 is 9.53 Å². The number of anilines is 1. The van der Waals surface area contributed by atoms with Crippen LogP contribution in [-0.2, 0) is 0 Å². The Balaban J connectivity index is 1.78. The van der Waals surface area contributed by atoms with Gasteiger partial charge in [-0.3, -0.25) is 0 Å². The van der Waals surface area contributed by atoms with Crippen molar-refractivity contribution in [2.24, 2.45) is 0 Å². The molecule has 1 aliphatic heterocycles. The van der Waals surface area contributed by atoms with E-state index < -0.39 is 0 Å². The lowest BCUT2D eigenvalue weighted by molar-refractivity contribution is 0.207. The number of rotatable bonds is 3. The third-order valence-corrected chi connectivity index (χ3v) is 4.96. The number of ether oxygens (including phenoxy) is 1. The van der Waals surface area contributed by atoms with Crippen LogP contribution in [0.5, 0.6) is 5.75 Å². The molecule has 1 N–H and O–H groups in total. The summed E-state index contributed by atoms with van der Waals surface area (Å²) in [7, 11) is 1.62. The lowest BCUT2D eigenvalue weighted by Crippen LogP contribution is -2.34. The van der Waals surface area contributed by atoms with Crippen LogP contribution in [0.25, 0.3) is 0 Å². The van der Waals surface area contributed by atoms with Crippen LogP contribution in [-0.4, -0.2) is 24.6 Å². The quantitative estimate of drug-likeness (QED) is 0.910. The Kier molecular flexibility index (Phi) is 4.34. The van der Waals surface area contributed by atoms with Gasteiger partial charge in [0.1, 0.15) is 5.75 Å². The average Bonchev–Trinajstić information content (AvgIpc) is 3.18. The second kappa shape index (κ2) is 6.40. The van der Waals surface area contributed by atoms with Gasteiger partial charge in [0, 0.05) is 11.4 Å². The van der Waals surface area contributed by atoms with Crippen molar-refractivity contribution in [3.05, 3.63) is 46.2 Å². The molecule has 2 amide bonds. The molecule has 1 aromatic heterocycles. The fourth-order valence-electron chi connectivity index (χ4n) is 2.89. The number of carbonyl (C=O) groups is 1. The van der Waals surface area contributed by atoms with E-state index in [9.17, 15) is 4.79 Å². The number of likely N-dealkylation sites (tertiary alicyclic amines) is 1. The number of hydrogen-bond acceptors (Lipinski definition) is 3. The molecule has 2 aromatic rings. The van der Waals surface area contributed by atoms with Crippen LogP contribution in [0.2, 0.25) is 0 Å². The highest BCUT2D eigenvalue weighted by Gasteiger charge is 2.30. The topological polar surface area (TPSA) is 41.6 Å². The summed E-state index contributed by atoms with van der Waals surface area (Å²) in [5.74, 6) is 0.686. The lowest BCUT2D eigenvalue weighted by atomic mass is 10.2. The summed E-state index contributed by atoms with van der Waals surface area (Å²) < 4.78 is 5.33. The first-order valence-corrected chi connectivity index (χ1v) is 8.32. The highest BCUT2D eigenvalue weighted by Crippen LogP contribution is 2.35. The normalized spacial score (nSPS) is 17.5. The molecule has 2 heterocycles. The third-order valence-electron chi connectivity index (χ3n) is 3.98. The molecule has 0 aliphatic carbocycles. The van der Waals surface area contributed by atoms with Crippen LogP contribution in [0.3, 0.4) is 0 Å². The maximum absolute atomic E-state index is 12.7. The highest BCUT2D eigenvalue weighted by molar-refractivity contribution is 7.10. The van der Waals surface area contributed by atoms with Crippen LogP contribution in [0.4, 0.5) is 10.5 Å². The molecule has 5 heteroatoms. The fraction of sp³-hybridized carbons (Fsp3) is 0.353. The molecule has 116 valence electrons. The Morgan fingerprint density at radius 3 is 3.00 bits per heavy atom. The van der Waals surface area contributed by atoms with Crippen LogP contribution < -0.4 is 10.1 Å². The van der Waals surface area contributed by atoms with E-state index in [-0.39, 0.29) is 12.1 Å². The molecule has 22 heavy (non-hydrogen) atoms. The Labute approximate surface area is 134 Å². The lowest BCUT2D eigenvalue weighted by Gasteiger charge is -2.24. The molecule has 4 nitrogen and oxygen atoms in total. The van der Waals surface area contributed by atoms with Crippen molar-refractivity contribution in [2.45, 2.75) is 25.8 Å². The zero-order valence-electron chi connectivity index (χ0n) is 12.8. The minimum Gasteiger partial charge on any atom is -0.495 e. The number of carbonyl (C=O) groups excluding carboxylic acids is 1. The van der Waals surface area contributed by atoms with Gasteiger partial charge in [0.15, 0.2) is 0 Å². The van der Waals surface area contributed by atoms with Crippen molar-refractivity contribution in [3.8, 4) is 5.75 Å². The molecule has 1 fully saturated rings. The molecule has 1 aromatic carbocycles. The van der Waals surface area contributed by atoms with E-state index in [1.54, 1.807) is 18.4 Å². The summed E-state index contributed by atoms with van der Waals surface area (Å²) in [6.07, 6.45) is 2.07. The van der Waals surface area contributed by atoms with E-state index in [0.29, 0.717) is 5.75 Å². The Bertz CT molecular complexity index is 655. The van der Waals surface area contributed by atoms with Crippen LogP contribution in [0.15, 0.2) is 35.7 Å². The number of benzene rings is 1. The van der Waals surface area contributed by atoms with Crippen molar-refractivity contribution in [1.82, 2.24) is 4.90 Å².